The maximum Gasteiger partial charge on any atom is 0.221 e. The van der Waals surface area contributed by atoms with E-state index in [4.69, 9.17) is 21.4 Å². The van der Waals surface area contributed by atoms with Gasteiger partial charge in [-0.1, -0.05) is 43.6 Å². The molecule has 0 aliphatic rings. The molecule has 2 N–H and O–H groups in total. The molecule has 0 atom stereocenters. The van der Waals surface area contributed by atoms with Gasteiger partial charge in [0, 0.05) is 30.8 Å². The molecule has 2 aromatic carbocycles. The van der Waals surface area contributed by atoms with Gasteiger partial charge in [0.05, 0.1) is 24.2 Å². The van der Waals surface area contributed by atoms with Crippen molar-refractivity contribution < 1.29 is 9.53 Å². The van der Waals surface area contributed by atoms with Gasteiger partial charge in [-0.2, -0.15) is 5.10 Å². The number of hydrogen-bond acceptors (Lipinski definition) is 4. The van der Waals surface area contributed by atoms with E-state index in [9.17, 15) is 4.79 Å². The minimum absolute atomic E-state index is 0.148. The lowest BCUT2D eigenvalue weighted by molar-refractivity contribution is -0.114. The lowest BCUT2D eigenvalue weighted by Crippen LogP contribution is -2.08. The van der Waals surface area contributed by atoms with Crippen LogP contribution in [0.4, 0.5) is 11.4 Å². The van der Waals surface area contributed by atoms with Crippen molar-refractivity contribution in [2.45, 2.75) is 33.2 Å². The lowest BCUT2D eigenvalue weighted by atomic mass is 10.1. The third-order valence-corrected chi connectivity index (χ3v) is 4.87. The van der Waals surface area contributed by atoms with E-state index in [-0.39, 0.29) is 11.8 Å². The number of ether oxygens (including phenoxy) is 1. The highest BCUT2D eigenvalue weighted by atomic mass is 35.5. The first-order valence-electron chi connectivity index (χ1n) is 9.43. The molecule has 29 heavy (non-hydrogen) atoms. The van der Waals surface area contributed by atoms with Crippen LogP contribution in [0.15, 0.2) is 48.5 Å². The van der Waals surface area contributed by atoms with Crippen LogP contribution < -0.4 is 15.4 Å². The Bertz CT molecular complexity index is 1000. The third-order valence-electron chi connectivity index (χ3n) is 4.48. The summed E-state index contributed by atoms with van der Waals surface area (Å²) in [6.45, 7) is 6.18. The predicted octanol–water partition coefficient (Wildman–Crippen LogP) is 5.23. The van der Waals surface area contributed by atoms with Crippen molar-refractivity contribution >= 4 is 28.9 Å². The van der Waals surface area contributed by atoms with Gasteiger partial charge in [-0.3, -0.25) is 4.79 Å². The van der Waals surface area contributed by atoms with Gasteiger partial charge < -0.3 is 15.4 Å². The molecule has 6 nitrogen and oxygen atoms in total. The predicted molar refractivity (Wildman–Crippen MR) is 117 cm³/mol. The molecule has 0 saturated heterocycles. The molecule has 0 aliphatic carbocycles. The molecule has 0 bridgehead atoms. The number of amides is 1. The van der Waals surface area contributed by atoms with Crippen molar-refractivity contribution in [2.24, 2.45) is 0 Å². The SMILES string of the molecule is COc1cc(NCc2c(C(C)C)nn(-c3ccccc3)c2Cl)ccc1NC(C)=O. The second-order valence-corrected chi connectivity index (χ2v) is 7.36. The Labute approximate surface area is 175 Å². The average molecular weight is 413 g/mol. The first-order chi connectivity index (χ1) is 13.9. The summed E-state index contributed by atoms with van der Waals surface area (Å²) < 4.78 is 7.16. The van der Waals surface area contributed by atoms with Crippen molar-refractivity contribution in [1.82, 2.24) is 9.78 Å². The number of halogens is 1. The molecule has 3 aromatic rings. The summed E-state index contributed by atoms with van der Waals surface area (Å²) in [5.74, 6) is 0.664. The number of anilines is 2. The van der Waals surface area contributed by atoms with Crippen LogP contribution in [-0.2, 0) is 11.3 Å². The second-order valence-electron chi connectivity index (χ2n) is 7.01. The second kappa shape index (κ2) is 9.01. The summed E-state index contributed by atoms with van der Waals surface area (Å²) in [4.78, 5) is 11.3. The van der Waals surface area contributed by atoms with Crippen LogP contribution in [0.5, 0.6) is 5.75 Å². The van der Waals surface area contributed by atoms with Crippen LogP contribution in [0.3, 0.4) is 0 Å². The zero-order chi connectivity index (χ0) is 21.0. The van der Waals surface area contributed by atoms with E-state index >= 15 is 0 Å². The summed E-state index contributed by atoms with van der Waals surface area (Å²) in [5, 5.41) is 11.5. The third kappa shape index (κ3) is 4.71. The molecule has 3 rings (SSSR count). The maximum absolute atomic E-state index is 11.3. The number of benzene rings is 2. The molecule has 0 saturated carbocycles. The van der Waals surface area contributed by atoms with E-state index in [2.05, 4.69) is 24.5 Å². The van der Waals surface area contributed by atoms with E-state index in [1.165, 1.54) is 6.92 Å². The topological polar surface area (TPSA) is 68.2 Å². The van der Waals surface area contributed by atoms with Gasteiger partial charge in [0.25, 0.3) is 0 Å². The highest BCUT2D eigenvalue weighted by Gasteiger charge is 2.19. The molecule has 1 heterocycles. The number of nitrogens with zero attached hydrogens (tertiary/aromatic N) is 2. The van der Waals surface area contributed by atoms with Gasteiger partial charge in [0.1, 0.15) is 10.9 Å². The van der Waals surface area contributed by atoms with Crippen LogP contribution in [0.1, 0.15) is 37.9 Å². The first-order valence-corrected chi connectivity index (χ1v) is 9.80. The number of aromatic nitrogens is 2. The fourth-order valence-electron chi connectivity index (χ4n) is 3.10. The van der Waals surface area contributed by atoms with E-state index in [0.29, 0.717) is 23.1 Å². The molecule has 0 radical (unpaired) electrons. The van der Waals surface area contributed by atoms with Gasteiger partial charge in [0.2, 0.25) is 5.91 Å². The molecular formula is C22H25ClN4O2. The quantitative estimate of drug-likeness (QED) is 0.557. The summed E-state index contributed by atoms with van der Waals surface area (Å²) in [6.07, 6.45) is 0. The Morgan fingerprint density at radius 1 is 1.21 bits per heavy atom. The van der Waals surface area contributed by atoms with Crippen LogP contribution in [-0.4, -0.2) is 22.8 Å². The van der Waals surface area contributed by atoms with Gasteiger partial charge in [-0.15, -0.1) is 0 Å². The van der Waals surface area contributed by atoms with Gasteiger partial charge in [0.15, 0.2) is 0 Å². The van der Waals surface area contributed by atoms with E-state index in [1.54, 1.807) is 17.9 Å². The minimum atomic E-state index is -0.148. The fourth-order valence-corrected chi connectivity index (χ4v) is 3.40. The number of methoxy groups -OCH3 is 1. The molecule has 0 fully saturated rings. The summed E-state index contributed by atoms with van der Waals surface area (Å²) in [6, 6.07) is 15.4. The summed E-state index contributed by atoms with van der Waals surface area (Å²) >= 11 is 6.70. The molecule has 152 valence electrons. The molecule has 0 aliphatic heterocycles. The number of rotatable bonds is 7. The van der Waals surface area contributed by atoms with Crippen LogP contribution in [0.25, 0.3) is 5.69 Å². The van der Waals surface area contributed by atoms with Crippen molar-refractivity contribution in [3.8, 4) is 11.4 Å². The van der Waals surface area contributed by atoms with Crippen molar-refractivity contribution in [2.75, 3.05) is 17.7 Å². The average Bonchev–Trinajstić information content (AvgIpc) is 3.04. The largest absolute Gasteiger partial charge is 0.494 e. The maximum atomic E-state index is 11.3. The van der Waals surface area contributed by atoms with Crippen molar-refractivity contribution in [1.29, 1.82) is 0 Å². The monoisotopic (exact) mass is 412 g/mol. The number of carbonyl (C=O) groups excluding carboxylic acids is 1. The number of carbonyl (C=O) groups is 1. The fraction of sp³-hybridized carbons (Fsp3) is 0.273. The highest BCUT2D eigenvalue weighted by molar-refractivity contribution is 6.30. The Hall–Kier alpha value is -2.99. The molecular weight excluding hydrogens is 388 g/mol. The normalized spacial score (nSPS) is 10.8. The Kier molecular flexibility index (Phi) is 6.44. The number of hydrogen-bond donors (Lipinski definition) is 2. The molecule has 0 spiro atoms. The Balaban J connectivity index is 1.87. The molecule has 1 aromatic heterocycles. The van der Waals surface area contributed by atoms with E-state index in [0.717, 1.165) is 22.6 Å². The zero-order valence-corrected chi connectivity index (χ0v) is 17.7. The van der Waals surface area contributed by atoms with E-state index < -0.39 is 0 Å². The standard InChI is InChI=1S/C22H25ClN4O2/c1-14(2)21-18(22(23)27(26-21)17-8-6-5-7-9-17)13-24-16-10-11-19(25-15(3)28)20(12-16)29-4/h5-12,14,24H,13H2,1-4H3,(H,25,28). The minimum Gasteiger partial charge on any atom is -0.494 e. The molecule has 0 unspecified atom stereocenters. The van der Waals surface area contributed by atoms with Crippen LogP contribution >= 0.6 is 11.6 Å². The van der Waals surface area contributed by atoms with Gasteiger partial charge >= 0.3 is 0 Å². The highest BCUT2D eigenvalue weighted by Crippen LogP contribution is 2.31. The van der Waals surface area contributed by atoms with Crippen LogP contribution in [0.2, 0.25) is 5.15 Å². The molecule has 7 heteroatoms. The Morgan fingerprint density at radius 3 is 2.55 bits per heavy atom. The molecule has 1 amide bonds. The summed E-state index contributed by atoms with van der Waals surface area (Å²) in [5.41, 5.74) is 4.31. The van der Waals surface area contributed by atoms with Crippen molar-refractivity contribution in [3.05, 3.63) is 64.9 Å². The Morgan fingerprint density at radius 2 is 1.93 bits per heavy atom. The van der Waals surface area contributed by atoms with Crippen LogP contribution in [0, 0.1) is 0 Å². The van der Waals surface area contributed by atoms with Crippen molar-refractivity contribution in [3.63, 3.8) is 0 Å². The van der Waals surface area contributed by atoms with Gasteiger partial charge in [-0.25, -0.2) is 4.68 Å². The van der Waals surface area contributed by atoms with E-state index in [1.807, 2.05) is 42.5 Å². The first kappa shape index (κ1) is 20.7. The summed E-state index contributed by atoms with van der Waals surface area (Å²) in [7, 11) is 1.57. The smallest absolute Gasteiger partial charge is 0.221 e. The number of nitrogens with one attached hydrogen (secondary N) is 2. The van der Waals surface area contributed by atoms with Gasteiger partial charge in [-0.05, 0) is 30.2 Å². The zero-order valence-electron chi connectivity index (χ0n) is 17.0. The number of para-hydroxylation sites is 1. The lowest BCUT2D eigenvalue weighted by Gasteiger charge is -2.13.